The van der Waals surface area contributed by atoms with E-state index in [0.29, 0.717) is 16.9 Å². The van der Waals surface area contributed by atoms with Gasteiger partial charge < -0.3 is 9.47 Å². The molecule has 37 heavy (non-hydrogen) atoms. The maximum Gasteiger partial charge on any atom is 0.193 e. The first kappa shape index (κ1) is 21.6. The van der Waals surface area contributed by atoms with E-state index >= 15 is 0 Å². The minimum atomic E-state index is -0.000462. The molecule has 2 bridgehead atoms. The normalized spacial score (nSPS) is 16.4. The molecule has 5 aromatic rings. The first-order chi connectivity index (χ1) is 18.2. The molecule has 0 atom stereocenters. The van der Waals surface area contributed by atoms with Gasteiger partial charge in [-0.1, -0.05) is 78.9 Å². The Hall–Kier alpha value is -4.63. The number of ether oxygens (including phenoxy) is 2. The van der Waals surface area contributed by atoms with Gasteiger partial charge >= 0.3 is 0 Å². The van der Waals surface area contributed by atoms with Gasteiger partial charge in [-0.25, -0.2) is 0 Å². The van der Waals surface area contributed by atoms with Crippen molar-refractivity contribution >= 4 is 5.78 Å². The molecule has 178 valence electrons. The van der Waals surface area contributed by atoms with Crippen LogP contribution in [-0.2, 0) is 0 Å². The van der Waals surface area contributed by atoms with Crippen LogP contribution in [0.25, 0.3) is 0 Å². The maximum absolute atomic E-state index is 12.8. The Balaban J connectivity index is 1.31. The molecule has 0 aromatic heterocycles. The summed E-state index contributed by atoms with van der Waals surface area (Å²) < 4.78 is 12.4. The smallest absolute Gasteiger partial charge is 0.193 e. The van der Waals surface area contributed by atoms with Gasteiger partial charge in [-0.15, -0.1) is 0 Å². The average molecular weight is 481 g/mol. The topological polar surface area (TPSA) is 35.5 Å². The van der Waals surface area contributed by atoms with E-state index in [1.807, 2.05) is 66.7 Å². The molecule has 0 spiro atoms. The molecular weight excluding hydrogens is 456 g/mol. The molecule has 0 aliphatic heterocycles. The van der Waals surface area contributed by atoms with Crippen LogP contribution in [0.2, 0.25) is 0 Å². The van der Waals surface area contributed by atoms with Gasteiger partial charge in [0.2, 0.25) is 0 Å². The molecule has 8 rings (SSSR count). The molecular formula is C34H24O3. The SMILES string of the molecule is COc1ccc(Oc2ccc(C(=O)c3ccccc3)cc2)c2c1C1c3ccccc3C2c2ccccc21. The van der Waals surface area contributed by atoms with Gasteiger partial charge in [0, 0.05) is 34.1 Å². The number of hydrogen-bond donors (Lipinski definition) is 0. The molecule has 3 aliphatic carbocycles. The Labute approximate surface area is 215 Å². The Bertz CT molecular complexity index is 1600. The zero-order chi connectivity index (χ0) is 24.9. The van der Waals surface area contributed by atoms with E-state index in [1.54, 1.807) is 7.11 Å². The van der Waals surface area contributed by atoms with Crippen molar-refractivity contribution in [3.05, 3.63) is 160 Å². The van der Waals surface area contributed by atoms with Crippen LogP contribution in [0.3, 0.4) is 0 Å². The Kier molecular flexibility index (Phi) is 4.97. The first-order valence-corrected chi connectivity index (χ1v) is 12.5. The lowest BCUT2D eigenvalue weighted by molar-refractivity contribution is 0.103. The van der Waals surface area contributed by atoms with Gasteiger partial charge in [0.1, 0.15) is 17.2 Å². The minimum absolute atomic E-state index is 0.000462. The van der Waals surface area contributed by atoms with E-state index in [9.17, 15) is 4.79 Å². The van der Waals surface area contributed by atoms with Gasteiger partial charge in [0.15, 0.2) is 5.78 Å². The molecule has 0 fully saturated rings. The zero-order valence-corrected chi connectivity index (χ0v) is 20.3. The van der Waals surface area contributed by atoms with Crippen molar-refractivity contribution in [3.8, 4) is 17.2 Å². The predicted molar refractivity (Wildman–Crippen MR) is 144 cm³/mol. The number of methoxy groups -OCH3 is 1. The van der Waals surface area contributed by atoms with Crippen molar-refractivity contribution in [2.75, 3.05) is 7.11 Å². The standard InChI is InChI=1S/C34H24O3/c1-36-28-19-20-29(37-23-17-15-22(16-18-23)34(35)21-9-3-2-4-10-21)33-31-26-13-7-5-11-24(26)30(32(28)33)25-12-6-8-14-27(25)31/h2-20,30-31H,1H3. The van der Waals surface area contributed by atoms with Crippen molar-refractivity contribution in [2.45, 2.75) is 11.8 Å². The molecule has 0 saturated carbocycles. The quantitative estimate of drug-likeness (QED) is 0.237. The highest BCUT2D eigenvalue weighted by Crippen LogP contribution is 2.60. The molecule has 3 heteroatoms. The number of rotatable bonds is 5. The monoisotopic (exact) mass is 480 g/mol. The lowest BCUT2D eigenvalue weighted by Gasteiger charge is -2.43. The van der Waals surface area contributed by atoms with E-state index in [4.69, 9.17) is 9.47 Å². The second kappa shape index (κ2) is 8.49. The third-order valence-corrected chi connectivity index (χ3v) is 7.62. The van der Waals surface area contributed by atoms with E-state index < -0.39 is 0 Å². The third-order valence-electron chi connectivity index (χ3n) is 7.62. The largest absolute Gasteiger partial charge is 0.496 e. The van der Waals surface area contributed by atoms with Crippen molar-refractivity contribution in [3.63, 3.8) is 0 Å². The van der Waals surface area contributed by atoms with Crippen LogP contribution >= 0.6 is 0 Å². The van der Waals surface area contributed by atoms with Gasteiger partial charge in [0.25, 0.3) is 0 Å². The second-order valence-corrected chi connectivity index (χ2v) is 9.54. The average Bonchev–Trinajstić information content (AvgIpc) is 2.97. The highest BCUT2D eigenvalue weighted by Gasteiger charge is 2.44. The number of benzene rings is 5. The van der Waals surface area contributed by atoms with Gasteiger partial charge in [-0.3, -0.25) is 4.79 Å². The molecule has 0 saturated heterocycles. The van der Waals surface area contributed by atoms with Crippen molar-refractivity contribution in [1.29, 1.82) is 0 Å². The van der Waals surface area contributed by atoms with E-state index in [0.717, 1.165) is 17.1 Å². The molecule has 3 nitrogen and oxygen atoms in total. The number of carbonyl (C=O) groups excluding carboxylic acids is 1. The molecule has 0 heterocycles. The summed E-state index contributed by atoms with van der Waals surface area (Å²) in [5.74, 6) is 2.55. The molecule has 0 unspecified atom stereocenters. The van der Waals surface area contributed by atoms with E-state index in [2.05, 4.69) is 48.5 Å². The van der Waals surface area contributed by atoms with Crippen LogP contribution in [0.4, 0.5) is 0 Å². The van der Waals surface area contributed by atoms with E-state index in [-0.39, 0.29) is 17.6 Å². The fraction of sp³-hybridized carbons (Fsp3) is 0.0882. The highest BCUT2D eigenvalue weighted by molar-refractivity contribution is 6.09. The maximum atomic E-state index is 12.8. The van der Waals surface area contributed by atoms with Crippen LogP contribution in [0, 0.1) is 0 Å². The van der Waals surface area contributed by atoms with Crippen LogP contribution in [0.5, 0.6) is 17.2 Å². The fourth-order valence-corrected chi connectivity index (χ4v) is 6.05. The summed E-state index contributed by atoms with van der Waals surface area (Å²) in [6, 6.07) is 38.2. The van der Waals surface area contributed by atoms with Crippen molar-refractivity contribution < 1.29 is 14.3 Å². The first-order valence-electron chi connectivity index (χ1n) is 12.5. The molecule has 0 N–H and O–H groups in total. The molecule has 5 aromatic carbocycles. The fourth-order valence-electron chi connectivity index (χ4n) is 6.05. The Morgan fingerprint density at radius 3 is 1.54 bits per heavy atom. The molecule has 3 aliphatic rings. The van der Waals surface area contributed by atoms with Gasteiger partial charge in [-0.05, 0) is 58.7 Å². The Morgan fingerprint density at radius 2 is 1.00 bits per heavy atom. The number of ketones is 1. The van der Waals surface area contributed by atoms with Gasteiger partial charge in [0.05, 0.1) is 7.11 Å². The number of carbonyl (C=O) groups is 1. The highest BCUT2D eigenvalue weighted by atomic mass is 16.5. The van der Waals surface area contributed by atoms with Crippen LogP contribution in [-0.4, -0.2) is 12.9 Å². The predicted octanol–water partition coefficient (Wildman–Crippen LogP) is 7.71. The summed E-state index contributed by atoms with van der Waals surface area (Å²) in [6.45, 7) is 0. The summed E-state index contributed by atoms with van der Waals surface area (Å²) in [5, 5.41) is 0. The van der Waals surface area contributed by atoms with Crippen molar-refractivity contribution in [1.82, 2.24) is 0 Å². The molecule has 0 amide bonds. The van der Waals surface area contributed by atoms with E-state index in [1.165, 1.54) is 27.8 Å². The molecule has 0 radical (unpaired) electrons. The minimum Gasteiger partial charge on any atom is -0.496 e. The van der Waals surface area contributed by atoms with Crippen molar-refractivity contribution in [2.24, 2.45) is 0 Å². The van der Waals surface area contributed by atoms with Crippen LogP contribution in [0.15, 0.2) is 115 Å². The van der Waals surface area contributed by atoms with Crippen LogP contribution in [0.1, 0.15) is 61.1 Å². The lowest BCUT2D eigenvalue weighted by Crippen LogP contribution is -2.28. The second-order valence-electron chi connectivity index (χ2n) is 9.54. The summed E-state index contributed by atoms with van der Waals surface area (Å²) in [6.07, 6.45) is 0. The summed E-state index contributed by atoms with van der Waals surface area (Å²) >= 11 is 0. The summed E-state index contributed by atoms with van der Waals surface area (Å²) in [7, 11) is 1.73. The zero-order valence-electron chi connectivity index (χ0n) is 20.3. The van der Waals surface area contributed by atoms with Crippen LogP contribution < -0.4 is 9.47 Å². The lowest BCUT2D eigenvalue weighted by atomic mass is 9.60. The summed E-state index contributed by atoms with van der Waals surface area (Å²) in [4.78, 5) is 12.8. The Morgan fingerprint density at radius 1 is 0.541 bits per heavy atom. The summed E-state index contributed by atoms with van der Waals surface area (Å²) in [5.41, 5.74) is 8.95. The number of hydrogen-bond acceptors (Lipinski definition) is 3. The van der Waals surface area contributed by atoms with Gasteiger partial charge in [-0.2, -0.15) is 0 Å². The third kappa shape index (κ3) is 3.31.